The van der Waals surface area contributed by atoms with Crippen LogP contribution in [0.4, 0.5) is 0 Å². The fraction of sp³-hybridized carbons (Fsp3) is 0.636. The minimum atomic E-state index is 0.880. The highest BCUT2D eigenvalue weighted by Crippen LogP contribution is 2.15. The number of ether oxygens (including phenoxy) is 1. The van der Waals surface area contributed by atoms with Gasteiger partial charge < -0.3 is 4.74 Å². The van der Waals surface area contributed by atoms with Gasteiger partial charge in [-0.15, -0.1) is 0 Å². The molecule has 0 saturated carbocycles. The lowest BCUT2D eigenvalue weighted by atomic mass is 10.0. The Morgan fingerprint density at radius 3 is 2.42 bits per heavy atom. The SMILES string of the molecule is C=C(CC/C(=C\C)CCC)OC. The highest BCUT2D eigenvalue weighted by Gasteiger charge is 1.97. The molecule has 0 aromatic heterocycles. The molecule has 0 radical (unpaired) electrons. The van der Waals surface area contributed by atoms with E-state index in [1.807, 2.05) is 0 Å². The number of hydrogen-bond donors (Lipinski definition) is 0. The van der Waals surface area contributed by atoms with Gasteiger partial charge in [0, 0.05) is 6.42 Å². The Hall–Kier alpha value is -0.720. The first-order valence-corrected chi connectivity index (χ1v) is 4.60. The van der Waals surface area contributed by atoms with Crippen molar-refractivity contribution >= 4 is 0 Å². The second kappa shape index (κ2) is 6.96. The Kier molecular flexibility index (Phi) is 6.54. The fourth-order valence-corrected chi connectivity index (χ4v) is 1.14. The Bertz CT molecular complexity index is 156. The quantitative estimate of drug-likeness (QED) is 0.434. The molecule has 0 rings (SSSR count). The molecule has 0 aromatic rings. The number of rotatable bonds is 6. The third kappa shape index (κ3) is 5.00. The summed E-state index contributed by atoms with van der Waals surface area (Å²) >= 11 is 0. The summed E-state index contributed by atoms with van der Waals surface area (Å²) < 4.78 is 5.00. The maximum absolute atomic E-state index is 5.00. The highest BCUT2D eigenvalue weighted by atomic mass is 16.5. The Morgan fingerprint density at radius 2 is 2.00 bits per heavy atom. The van der Waals surface area contributed by atoms with Gasteiger partial charge in [0.05, 0.1) is 12.9 Å². The van der Waals surface area contributed by atoms with Crippen molar-refractivity contribution in [2.45, 2.75) is 39.5 Å². The van der Waals surface area contributed by atoms with Crippen LogP contribution in [-0.2, 0) is 4.74 Å². The zero-order valence-electron chi connectivity index (χ0n) is 8.52. The van der Waals surface area contributed by atoms with E-state index in [9.17, 15) is 0 Å². The molecule has 0 saturated heterocycles. The Balaban J connectivity index is 3.66. The number of allylic oxidation sites excluding steroid dienone is 3. The molecule has 0 heterocycles. The largest absolute Gasteiger partial charge is 0.502 e. The number of methoxy groups -OCH3 is 1. The summed E-state index contributed by atoms with van der Waals surface area (Å²) in [5, 5.41) is 0. The van der Waals surface area contributed by atoms with E-state index in [0.717, 1.165) is 18.6 Å². The molecule has 0 unspecified atom stereocenters. The van der Waals surface area contributed by atoms with E-state index in [0.29, 0.717) is 0 Å². The predicted octanol–water partition coefficient (Wildman–Crippen LogP) is 3.67. The van der Waals surface area contributed by atoms with Gasteiger partial charge in [-0.05, 0) is 19.8 Å². The minimum absolute atomic E-state index is 0.880. The van der Waals surface area contributed by atoms with Gasteiger partial charge in [-0.25, -0.2) is 0 Å². The molecule has 70 valence electrons. The molecule has 0 N–H and O–H groups in total. The third-order valence-electron chi connectivity index (χ3n) is 1.99. The van der Waals surface area contributed by atoms with Gasteiger partial charge in [-0.2, -0.15) is 0 Å². The average Bonchev–Trinajstić information content (AvgIpc) is 2.11. The van der Waals surface area contributed by atoms with Crippen LogP contribution in [0.15, 0.2) is 24.0 Å². The van der Waals surface area contributed by atoms with Crippen LogP contribution in [-0.4, -0.2) is 7.11 Å². The molecular weight excluding hydrogens is 148 g/mol. The van der Waals surface area contributed by atoms with Crippen LogP contribution in [0, 0.1) is 0 Å². The second-order valence-electron chi connectivity index (χ2n) is 2.94. The summed E-state index contributed by atoms with van der Waals surface area (Å²) in [4.78, 5) is 0. The van der Waals surface area contributed by atoms with Crippen LogP contribution >= 0.6 is 0 Å². The van der Waals surface area contributed by atoms with Crippen molar-refractivity contribution in [2.24, 2.45) is 0 Å². The normalized spacial score (nSPS) is 11.4. The monoisotopic (exact) mass is 168 g/mol. The highest BCUT2D eigenvalue weighted by molar-refractivity contribution is 5.02. The lowest BCUT2D eigenvalue weighted by Gasteiger charge is -2.06. The summed E-state index contributed by atoms with van der Waals surface area (Å²) in [6, 6.07) is 0. The molecule has 12 heavy (non-hydrogen) atoms. The summed E-state index contributed by atoms with van der Waals surface area (Å²) in [5.74, 6) is 0.880. The maximum atomic E-state index is 5.00. The summed E-state index contributed by atoms with van der Waals surface area (Å²) in [7, 11) is 1.68. The molecule has 0 amide bonds. The van der Waals surface area contributed by atoms with E-state index in [4.69, 9.17) is 4.74 Å². The van der Waals surface area contributed by atoms with Crippen LogP contribution < -0.4 is 0 Å². The van der Waals surface area contributed by atoms with Crippen LogP contribution in [0.3, 0.4) is 0 Å². The smallest absolute Gasteiger partial charge is 0.0887 e. The molecule has 1 nitrogen and oxygen atoms in total. The van der Waals surface area contributed by atoms with Crippen LogP contribution in [0.5, 0.6) is 0 Å². The van der Waals surface area contributed by atoms with Gasteiger partial charge in [-0.3, -0.25) is 0 Å². The third-order valence-corrected chi connectivity index (χ3v) is 1.99. The van der Waals surface area contributed by atoms with Crippen molar-refractivity contribution in [3.8, 4) is 0 Å². The molecule has 0 aliphatic rings. The van der Waals surface area contributed by atoms with E-state index >= 15 is 0 Å². The van der Waals surface area contributed by atoms with Crippen molar-refractivity contribution in [1.82, 2.24) is 0 Å². The molecular formula is C11H20O. The topological polar surface area (TPSA) is 9.23 Å². The van der Waals surface area contributed by atoms with E-state index in [2.05, 4.69) is 26.5 Å². The summed E-state index contributed by atoms with van der Waals surface area (Å²) in [6.07, 6.45) is 6.67. The first kappa shape index (κ1) is 11.3. The lowest BCUT2D eigenvalue weighted by Crippen LogP contribution is -1.88. The van der Waals surface area contributed by atoms with Crippen LogP contribution in [0.2, 0.25) is 0 Å². The zero-order valence-corrected chi connectivity index (χ0v) is 8.52. The van der Waals surface area contributed by atoms with Crippen molar-refractivity contribution in [1.29, 1.82) is 0 Å². The first-order chi connectivity index (χ1) is 5.74. The van der Waals surface area contributed by atoms with E-state index < -0.39 is 0 Å². The molecule has 0 spiro atoms. The zero-order chi connectivity index (χ0) is 9.40. The Morgan fingerprint density at radius 1 is 1.33 bits per heavy atom. The van der Waals surface area contributed by atoms with E-state index in [1.165, 1.54) is 18.4 Å². The van der Waals surface area contributed by atoms with E-state index in [-0.39, 0.29) is 0 Å². The number of hydrogen-bond acceptors (Lipinski definition) is 1. The average molecular weight is 168 g/mol. The predicted molar refractivity (Wildman–Crippen MR) is 54.0 cm³/mol. The molecule has 0 aromatic carbocycles. The Labute approximate surface area is 76.1 Å². The molecule has 0 aliphatic heterocycles. The van der Waals surface area contributed by atoms with Crippen LogP contribution in [0.1, 0.15) is 39.5 Å². The van der Waals surface area contributed by atoms with Crippen molar-refractivity contribution < 1.29 is 4.74 Å². The van der Waals surface area contributed by atoms with Gasteiger partial charge >= 0.3 is 0 Å². The molecule has 0 bridgehead atoms. The fourth-order valence-electron chi connectivity index (χ4n) is 1.14. The molecule has 0 aliphatic carbocycles. The van der Waals surface area contributed by atoms with Gasteiger partial charge in [0.15, 0.2) is 0 Å². The minimum Gasteiger partial charge on any atom is -0.502 e. The summed E-state index contributed by atoms with van der Waals surface area (Å²) in [5.41, 5.74) is 1.51. The molecule has 1 heteroatoms. The summed E-state index contributed by atoms with van der Waals surface area (Å²) in [6.45, 7) is 8.09. The lowest BCUT2D eigenvalue weighted by molar-refractivity contribution is 0.279. The van der Waals surface area contributed by atoms with Crippen LogP contribution in [0.25, 0.3) is 0 Å². The van der Waals surface area contributed by atoms with E-state index in [1.54, 1.807) is 7.11 Å². The van der Waals surface area contributed by atoms with Gasteiger partial charge in [0.1, 0.15) is 0 Å². The van der Waals surface area contributed by atoms with Crippen molar-refractivity contribution in [3.05, 3.63) is 24.0 Å². The van der Waals surface area contributed by atoms with Gasteiger partial charge in [0.2, 0.25) is 0 Å². The maximum Gasteiger partial charge on any atom is 0.0887 e. The molecule has 0 atom stereocenters. The first-order valence-electron chi connectivity index (χ1n) is 4.60. The second-order valence-corrected chi connectivity index (χ2v) is 2.94. The molecule has 0 fully saturated rings. The van der Waals surface area contributed by atoms with Crippen molar-refractivity contribution in [3.63, 3.8) is 0 Å². The van der Waals surface area contributed by atoms with Crippen molar-refractivity contribution in [2.75, 3.05) is 7.11 Å². The standard InChI is InChI=1S/C11H20O/c1-5-7-11(6-2)9-8-10(3)12-4/h6H,3,5,7-9H2,1-2,4H3/b11-6-. The van der Waals surface area contributed by atoms with Gasteiger partial charge in [0.25, 0.3) is 0 Å². The van der Waals surface area contributed by atoms with Gasteiger partial charge in [-0.1, -0.05) is 31.6 Å².